The first-order valence-electron chi connectivity index (χ1n) is 10.8. The van der Waals surface area contributed by atoms with Crippen LogP contribution in [0.2, 0.25) is 0 Å². The van der Waals surface area contributed by atoms with Crippen LogP contribution < -0.4 is 16.0 Å². The van der Waals surface area contributed by atoms with Crippen molar-refractivity contribution < 1.29 is 4.79 Å². The smallest absolute Gasteiger partial charge is 0.228 e. The van der Waals surface area contributed by atoms with Crippen molar-refractivity contribution in [1.82, 2.24) is 4.90 Å². The van der Waals surface area contributed by atoms with Crippen molar-refractivity contribution in [3.63, 3.8) is 0 Å². The molecule has 0 aromatic heterocycles. The fourth-order valence-corrected chi connectivity index (χ4v) is 4.21. The molecule has 0 radical (unpaired) electrons. The van der Waals surface area contributed by atoms with Crippen molar-refractivity contribution in [2.45, 2.75) is 19.5 Å². The predicted molar refractivity (Wildman–Crippen MR) is 131 cm³/mol. The number of amides is 1. The van der Waals surface area contributed by atoms with Crippen molar-refractivity contribution in [3.05, 3.63) is 107 Å². The number of nitrogens with zero attached hydrogens (tertiary/aromatic N) is 1. The molecule has 0 spiro atoms. The van der Waals surface area contributed by atoms with Gasteiger partial charge in [0, 0.05) is 41.9 Å². The second kappa shape index (κ2) is 8.73. The first-order chi connectivity index (χ1) is 15.6. The van der Waals surface area contributed by atoms with Gasteiger partial charge in [0.1, 0.15) is 0 Å². The quantitative estimate of drug-likeness (QED) is 0.511. The van der Waals surface area contributed by atoms with Crippen LogP contribution >= 0.6 is 0 Å². The molecule has 0 fully saturated rings. The van der Waals surface area contributed by atoms with E-state index in [1.807, 2.05) is 30.5 Å². The lowest BCUT2D eigenvalue weighted by Crippen LogP contribution is -2.17. The summed E-state index contributed by atoms with van der Waals surface area (Å²) in [6, 6.07) is 23.0. The Hall–Kier alpha value is -3.83. The van der Waals surface area contributed by atoms with E-state index in [9.17, 15) is 4.79 Å². The number of anilines is 3. The van der Waals surface area contributed by atoms with Gasteiger partial charge in [0.15, 0.2) is 0 Å². The molecule has 3 aromatic carbocycles. The molecular formula is C27H26N4O. The zero-order valence-electron chi connectivity index (χ0n) is 18.1. The number of rotatable bonds is 6. The minimum atomic E-state index is 0.0551. The number of benzene rings is 3. The standard InChI is InChI=1S/C27H26N4O/c1-31(17-19-5-3-2-4-6-19)18-20-7-9-21(10-8-20)28-16-22-11-12-23-24-15-27(32)30-26(24)14-13-25(23)29-22/h2-14,16,28-29H,15,17-18H2,1H3,(H,30,32)/b22-16-. The minimum Gasteiger partial charge on any atom is -0.360 e. The van der Waals surface area contributed by atoms with E-state index in [-0.39, 0.29) is 5.91 Å². The van der Waals surface area contributed by atoms with Crippen LogP contribution in [0.3, 0.4) is 0 Å². The fourth-order valence-electron chi connectivity index (χ4n) is 4.21. The number of carbonyl (C=O) groups excluding carboxylic acids is 1. The third-order valence-corrected chi connectivity index (χ3v) is 5.77. The van der Waals surface area contributed by atoms with E-state index in [4.69, 9.17) is 0 Å². The van der Waals surface area contributed by atoms with Gasteiger partial charge in [-0.25, -0.2) is 0 Å². The predicted octanol–water partition coefficient (Wildman–Crippen LogP) is 5.21. The maximum Gasteiger partial charge on any atom is 0.228 e. The maximum absolute atomic E-state index is 11.7. The number of carbonyl (C=O) groups is 1. The van der Waals surface area contributed by atoms with Gasteiger partial charge in [0.2, 0.25) is 5.91 Å². The number of fused-ring (bicyclic) bond motifs is 3. The highest BCUT2D eigenvalue weighted by Crippen LogP contribution is 2.35. The molecule has 0 saturated carbocycles. The molecule has 0 saturated heterocycles. The Morgan fingerprint density at radius 1 is 0.875 bits per heavy atom. The molecule has 0 unspecified atom stereocenters. The summed E-state index contributed by atoms with van der Waals surface area (Å²) in [7, 11) is 2.14. The van der Waals surface area contributed by atoms with Gasteiger partial charge in [0.05, 0.1) is 12.1 Å². The summed E-state index contributed by atoms with van der Waals surface area (Å²) in [6.07, 6.45) is 6.51. The Morgan fingerprint density at radius 2 is 1.59 bits per heavy atom. The number of allylic oxidation sites excluding steroid dienone is 1. The first-order valence-corrected chi connectivity index (χ1v) is 10.8. The number of nitrogens with one attached hydrogen (secondary N) is 3. The number of hydrogen-bond acceptors (Lipinski definition) is 4. The molecule has 3 aromatic rings. The Morgan fingerprint density at radius 3 is 2.38 bits per heavy atom. The zero-order chi connectivity index (χ0) is 21.9. The summed E-state index contributed by atoms with van der Waals surface area (Å²) in [4.78, 5) is 14.0. The Bertz CT molecular complexity index is 1200. The Kier molecular flexibility index (Phi) is 5.48. The van der Waals surface area contributed by atoms with Gasteiger partial charge in [-0.15, -0.1) is 0 Å². The molecule has 3 N–H and O–H groups in total. The van der Waals surface area contributed by atoms with Crippen molar-refractivity contribution in [3.8, 4) is 0 Å². The summed E-state index contributed by atoms with van der Waals surface area (Å²) in [5, 5.41) is 9.71. The molecule has 2 aliphatic rings. The monoisotopic (exact) mass is 422 g/mol. The van der Waals surface area contributed by atoms with Crippen molar-refractivity contribution in [2.75, 3.05) is 23.0 Å². The Labute approximate surface area is 188 Å². The van der Waals surface area contributed by atoms with Gasteiger partial charge in [-0.05, 0) is 54.1 Å². The van der Waals surface area contributed by atoms with Gasteiger partial charge >= 0.3 is 0 Å². The van der Waals surface area contributed by atoms with Gasteiger partial charge in [0.25, 0.3) is 0 Å². The number of hydrogen-bond donors (Lipinski definition) is 3. The molecule has 1 amide bonds. The molecule has 32 heavy (non-hydrogen) atoms. The van der Waals surface area contributed by atoms with Gasteiger partial charge < -0.3 is 16.0 Å². The van der Waals surface area contributed by atoms with Crippen LogP contribution in [0.4, 0.5) is 17.1 Å². The van der Waals surface area contributed by atoms with E-state index < -0.39 is 0 Å². The SMILES string of the molecule is CN(Cc1ccccc1)Cc1ccc(N/C=C2/C=Cc3c(ccc4c3CC(=O)N4)N2)cc1. The average Bonchev–Trinajstić information content (AvgIpc) is 3.20. The first kappa shape index (κ1) is 20.1. The average molecular weight is 423 g/mol. The van der Waals surface area contributed by atoms with E-state index in [1.54, 1.807) is 0 Å². The fraction of sp³-hybridized carbons (Fsp3) is 0.148. The highest BCUT2D eigenvalue weighted by atomic mass is 16.1. The van der Waals surface area contributed by atoms with E-state index in [0.29, 0.717) is 6.42 Å². The van der Waals surface area contributed by atoms with Crippen LogP contribution in [0, 0.1) is 0 Å². The molecule has 5 heteroatoms. The normalized spacial score (nSPS) is 15.3. The third-order valence-electron chi connectivity index (χ3n) is 5.77. The molecule has 0 bridgehead atoms. The highest BCUT2D eigenvalue weighted by molar-refractivity contribution is 6.02. The third kappa shape index (κ3) is 4.43. The lowest BCUT2D eigenvalue weighted by molar-refractivity contribution is -0.115. The second-order valence-corrected chi connectivity index (χ2v) is 8.34. The van der Waals surface area contributed by atoms with E-state index in [1.165, 1.54) is 11.1 Å². The second-order valence-electron chi connectivity index (χ2n) is 8.34. The molecule has 0 atom stereocenters. The van der Waals surface area contributed by atoms with Crippen LogP contribution in [0.25, 0.3) is 6.08 Å². The lowest BCUT2D eigenvalue weighted by atomic mass is 9.99. The van der Waals surface area contributed by atoms with Gasteiger partial charge in [-0.2, -0.15) is 0 Å². The summed E-state index contributed by atoms with van der Waals surface area (Å²) in [5.41, 5.74) is 8.70. The van der Waals surface area contributed by atoms with Crippen LogP contribution in [0.1, 0.15) is 22.3 Å². The van der Waals surface area contributed by atoms with Gasteiger partial charge in [-0.1, -0.05) is 48.5 Å². The maximum atomic E-state index is 11.7. The largest absolute Gasteiger partial charge is 0.360 e. The highest BCUT2D eigenvalue weighted by Gasteiger charge is 2.23. The summed E-state index contributed by atoms with van der Waals surface area (Å²) in [6.45, 7) is 1.83. The summed E-state index contributed by atoms with van der Waals surface area (Å²) >= 11 is 0. The van der Waals surface area contributed by atoms with Crippen LogP contribution in [0.5, 0.6) is 0 Å². The molecule has 160 valence electrons. The van der Waals surface area contributed by atoms with E-state index in [2.05, 4.69) is 82.5 Å². The van der Waals surface area contributed by atoms with Crippen molar-refractivity contribution in [1.29, 1.82) is 0 Å². The van der Waals surface area contributed by atoms with Gasteiger partial charge in [-0.3, -0.25) is 9.69 Å². The van der Waals surface area contributed by atoms with E-state index in [0.717, 1.165) is 47.0 Å². The molecular weight excluding hydrogens is 396 g/mol. The van der Waals surface area contributed by atoms with Crippen molar-refractivity contribution >= 4 is 29.0 Å². The molecule has 5 rings (SSSR count). The molecule has 2 aliphatic heterocycles. The van der Waals surface area contributed by atoms with E-state index >= 15 is 0 Å². The summed E-state index contributed by atoms with van der Waals surface area (Å²) < 4.78 is 0. The molecule has 5 nitrogen and oxygen atoms in total. The topological polar surface area (TPSA) is 56.4 Å². The lowest BCUT2D eigenvalue weighted by Gasteiger charge is -2.18. The Balaban J connectivity index is 1.19. The van der Waals surface area contributed by atoms with Crippen LogP contribution in [-0.4, -0.2) is 17.9 Å². The molecule has 2 heterocycles. The zero-order valence-corrected chi connectivity index (χ0v) is 18.1. The molecule has 0 aliphatic carbocycles. The van der Waals surface area contributed by atoms with Crippen LogP contribution in [0.15, 0.2) is 84.7 Å². The van der Waals surface area contributed by atoms with Crippen LogP contribution in [-0.2, 0) is 24.3 Å². The van der Waals surface area contributed by atoms with Crippen molar-refractivity contribution in [2.24, 2.45) is 0 Å². The summed E-state index contributed by atoms with van der Waals surface area (Å²) in [5.74, 6) is 0.0551. The minimum absolute atomic E-state index is 0.0551.